The highest BCUT2D eigenvalue weighted by molar-refractivity contribution is 7.97. The molecule has 1 aromatic carbocycles. The Balaban J connectivity index is 0.00000141. The van der Waals surface area contributed by atoms with E-state index in [2.05, 4.69) is 50.9 Å². The van der Waals surface area contributed by atoms with Gasteiger partial charge in [-0.3, -0.25) is 14.9 Å². The van der Waals surface area contributed by atoms with Crippen LogP contribution in [0.4, 0.5) is 0 Å². The summed E-state index contributed by atoms with van der Waals surface area (Å²) in [4.78, 5) is 14.0. The minimum absolute atomic E-state index is 0.376. The van der Waals surface area contributed by atoms with E-state index in [4.69, 9.17) is 5.21 Å². The number of amides is 1. The first-order valence-corrected chi connectivity index (χ1v) is 12.8. The first-order chi connectivity index (χ1) is 15.7. The van der Waals surface area contributed by atoms with Crippen LogP contribution in [0.25, 0.3) is 0 Å². The van der Waals surface area contributed by atoms with Gasteiger partial charge in [-0.1, -0.05) is 68.3 Å². The number of piperazine rings is 1. The summed E-state index contributed by atoms with van der Waals surface area (Å²) in [5.74, 6) is 0.134. The van der Waals surface area contributed by atoms with Crippen LogP contribution < -0.4 is 10.8 Å². The Labute approximate surface area is 197 Å². The van der Waals surface area contributed by atoms with Gasteiger partial charge in [0, 0.05) is 62.6 Å². The standard InChI is InChI=1S/C23H32N4O2S.C2H6/c28-23(25-29)21-9-13-27(14-10-21)30-22-7-5-20(6-8-22)19-3-1-18(2-4-19)17-26-15-11-24-12-16-26;1-2/h1-5,7,9,20,22,24,29H,6,8,10-17H2,(H,25,28);1-2H3. The van der Waals surface area contributed by atoms with E-state index in [1.54, 1.807) is 5.48 Å². The van der Waals surface area contributed by atoms with Crippen LogP contribution in [0.2, 0.25) is 0 Å². The maximum absolute atomic E-state index is 11.5. The molecule has 0 saturated carbocycles. The number of nitrogens with zero attached hydrogens (tertiary/aromatic N) is 2. The van der Waals surface area contributed by atoms with Crippen LogP contribution in [0.5, 0.6) is 0 Å². The predicted molar refractivity (Wildman–Crippen MR) is 133 cm³/mol. The summed E-state index contributed by atoms with van der Waals surface area (Å²) < 4.78 is 2.31. The molecule has 2 unspecified atom stereocenters. The highest BCUT2D eigenvalue weighted by Gasteiger charge is 2.23. The fourth-order valence-corrected chi connectivity index (χ4v) is 5.52. The molecule has 1 saturated heterocycles. The van der Waals surface area contributed by atoms with Crippen LogP contribution in [0.1, 0.15) is 50.2 Å². The molecule has 4 rings (SSSR count). The molecule has 2 heterocycles. The Morgan fingerprint density at radius 3 is 2.47 bits per heavy atom. The van der Waals surface area contributed by atoms with Crippen molar-refractivity contribution in [1.82, 2.24) is 20.0 Å². The largest absolute Gasteiger partial charge is 0.314 e. The number of hydrogen-bond donors (Lipinski definition) is 3. The van der Waals surface area contributed by atoms with Crippen LogP contribution in [0.3, 0.4) is 0 Å². The maximum atomic E-state index is 11.5. The lowest BCUT2D eigenvalue weighted by atomic mass is 9.89. The van der Waals surface area contributed by atoms with Crippen molar-refractivity contribution in [2.24, 2.45) is 0 Å². The zero-order chi connectivity index (χ0) is 22.8. The SMILES string of the molecule is CC.O=C(NO)C1=CCN(SC2C=CC(c3ccc(CN4CCNCC4)cc3)CC2)CC1. The molecule has 1 amide bonds. The summed E-state index contributed by atoms with van der Waals surface area (Å²) in [6.07, 6.45) is 9.66. The summed E-state index contributed by atoms with van der Waals surface area (Å²) in [6.45, 7) is 11.1. The Morgan fingerprint density at radius 1 is 1.12 bits per heavy atom. The van der Waals surface area contributed by atoms with Crippen molar-refractivity contribution >= 4 is 17.9 Å². The highest BCUT2D eigenvalue weighted by atomic mass is 32.2. The van der Waals surface area contributed by atoms with E-state index < -0.39 is 0 Å². The highest BCUT2D eigenvalue weighted by Crippen LogP contribution is 2.34. The lowest BCUT2D eigenvalue weighted by Crippen LogP contribution is -2.42. The zero-order valence-electron chi connectivity index (χ0n) is 19.4. The zero-order valence-corrected chi connectivity index (χ0v) is 20.2. The van der Waals surface area contributed by atoms with Crippen LogP contribution >= 0.6 is 11.9 Å². The van der Waals surface area contributed by atoms with Gasteiger partial charge < -0.3 is 5.32 Å². The van der Waals surface area contributed by atoms with Crippen molar-refractivity contribution in [3.63, 3.8) is 0 Å². The van der Waals surface area contributed by atoms with E-state index in [0.717, 1.165) is 45.8 Å². The van der Waals surface area contributed by atoms with Crippen LogP contribution in [-0.4, -0.2) is 64.8 Å². The van der Waals surface area contributed by atoms with Crippen LogP contribution in [0, 0.1) is 0 Å². The fourth-order valence-electron chi connectivity index (χ4n) is 4.37. The van der Waals surface area contributed by atoms with E-state index >= 15 is 0 Å². The molecule has 1 fully saturated rings. The van der Waals surface area contributed by atoms with E-state index in [0.29, 0.717) is 23.2 Å². The van der Waals surface area contributed by atoms with Gasteiger partial charge in [0.05, 0.1) is 0 Å². The number of hydroxylamine groups is 1. The van der Waals surface area contributed by atoms with E-state index in [1.165, 1.54) is 24.0 Å². The molecule has 1 aromatic rings. The second-order valence-corrected chi connectivity index (χ2v) is 9.62. The number of allylic oxidation sites excluding steroid dienone is 1. The fraction of sp³-hybridized carbons (Fsp3) is 0.560. The van der Waals surface area contributed by atoms with Gasteiger partial charge in [-0.15, -0.1) is 0 Å². The maximum Gasteiger partial charge on any atom is 0.270 e. The molecule has 0 spiro atoms. The number of hydrogen-bond acceptors (Lipinski definition) is 6. The van der Waals surface area contributed by atoms with Crippen LogP contribution in [-0.2, 0) is 11.3 Å². The van der Waals surface area contributed by atoms with E-state index in [-0.39, 0.29) is 5.91 Å². The van der Waals surface area contributed by atoms with Crippen molar-refractivity contribution in [2.45, 2.75) is 50.8 Å². The van der Waals surface area contributed by atoms with Crippen molar-refractivity contribution in [1.29, 1.82) is 0 Å². The monoisotopic (exact) mass is 458 g/mol. The minimum atomic E-state index is -0.376. The molecule has 2 atom stereocenters. The molecular formula is C25H38N4O2S. The van der Waals surface area contributed by atoms with Crippen molar-refractivity contribution in [3.8, 4) is 0 Å². The molecule has 2 aliphatic heterocycles. The molecule has 6 nitrogen and oxygen atoms in total. The summed E-state index contributed by atoms with van der Waals surface area (Å²) in [6, 6.07) is 9.21. The first-order valence-electron chi connectivity index (χ1n) is 12.0. The molecular weight excluding hydrogens is 420 g/mol. The molecule has 0 radical (unpaired) electrons. The quantitative estimate of drug-likeness (QED) is 0.261. The minimum Gasteiger partial charge on any atom is -0.314 e. The lowest BCUT2D eigenvalue weighted by Gasteiger charge is -2.30. The summed E-state index contributed by atoms with van der Waals surface area (Å²) >= 11 is 1.88. The molecule has 176 valence electrons. The van der Waals surface area contributed by atoms with Crippen molar-refractivity contribution in [2.75, 3.05) is 39.3 Å². The Kier molecular flexibility index (Phi) is 10.3. The van der Waals surface area contributed by atoms with E-state index in [9.17, 15) is 4.79 Å². The molecule has 7 heteroatoms. The first kappa shape index (κ1) is 25.0. The average Bonchev–Trinajstić information content (AvgIpc) is 2.87. The summed E-state index contributed by atoms with van der Waals surface area (Å²) in [7, 11) is 0. The van der Waals surface area contributed by atoms with Gasteiger partial charge in [0.2, 0.25) is 0 Å². The molecule has 32 heavy (non-hydrogen) atoms. The topological polar surface area (TPSA) is 67.8 Å². The number of rotatable bonds is 6. The van der Waals surface area contributed by atoms with Crippen molar-refractivity contribution < 1.29 is 10.0 Å². The number of nitrogens with one attached hydrogen (secondary N) is 2. The van der Waals surface area contributed by atoms with Crippen LogP contribution in [0.15, 0.2) is 48.1 Å². The third-order valence-corrected chi connectivity index (χ3v) is 7.49. The van der Waals surface area contributed by atoms with Gasteiger partial charge >= 0.3 is 0 Å². The smallest absolute Gasteiger partial charge is 0.270 e. The van der Waals surface area contributed by atoms with Gasteiger partial charge in [0.1, 0.15) is 0 Å². The van der Waals surface area contributed by atoms with Gasteiger partial charge in [0.15, 0.2) is 0 Å². The Bertz CT molecular complexity index is 775. The molecule has 3 aliphatic rings. The Hall–Kier alpha value is -1.64. The molecule has 3 N–H and O–H groups in total. The number of benzene rings is 1. The van der Waals surface area contributed by atoms with E-state index in [1.807, 2.05) is 31.9 Å². The van der Waals surface area contributed by atoms with Gasteiger partial charge in [-0.2, -0.15) is 0 Å². The lowest BCUT2D eigenvalue weighted by molar-refractivity contribution is -0.125. The summed E-state index contributed by atoms with van der Waals surface area (Å²) in [5.41, 5.74) is 5.22. The normalized spacial score (nSPS) is 24.3. The third kappa shape index (κ3) is 7.18. The predicted octanol–water partition coefficient (Wildman–Crippen LogP) is 3.71. The number of carbonyl (C=O) groups excluding carboxylic acids is 1. The summed E-state index contributed by atoms with van der Waals surface area (Å²) in [5, 5.41) is 12.7. The second-order valence-electron chi connectivity index (χ2n) is 8.29. The molecule has 0 bridgehead atoms. The van der Waals surface area contributed by atoms with Gasteiger partial charge in [-0.25, -0.2) is 9.79 Å². The third-order valence-electron chi connectivity index (χ3n) is 6.19. The number of carbonyl (C=O) groups is 1. The molecule has 0 aromatic heterocycles. The second kappa shape index (κ2) is 13.2. The van der Waals surface area contributed by atoms with Gasteiger partial charge in [0.25, 0.3) is 5.91 Å². The average molecular weight is 459 g/mol. The molecule has 1 aliphatic carbocycles. The Morgan fingerprint density at radius 2 is 1.88 bits per heavy atom. The van der Waals surface area contributed by atoms with Crippen molar-refractivity contribution in [3.05, 3.63) is 59.2 Å². The van der Waals surface area contributed by atoms with Gasteiger partial charge in [-0.05, 0) is 30.4 Å².